The van der Waals surface area contributed by atoms with E-state index in [4.69, 9.17) is 9.47 Å². The lowest BCUT2D eigenvalue weighted by Crippen LogP contribution is -2.51. The molecule has 1 atom stereocenters. The van der Waals surface area contributed by atoms with Crippen LogP contribution in [0.5, 0.6) is 0 Å². The van der Waals surface area contributed by atoms with Crippen LogP contribution >= 0.6 is 24.0 Å². The summed E-state index contributed by atoms with van der Waals surface area (Å²) in [7, 11) is 5.58. The topological polar surface area (TPSA) is 63.9 Å². The van der Waals surface area contributed by atoms with Gasteiger partial charge < -0.3 is 19.7 Å². The first kappa shape index (κ1) is 21.4. The van der Waals surface area contributed by atoms with Crippen molar-refractivity contribution in [3.63, 3.8) is 0 Å². The fourth-order valence-electron chi connectivity index (χ4n) is 3.76. The molecular weight excluding hydrogens is 445 g/mol. The number of guanidine groups is 1. The molecule has 7 nitrogen and oxygen atoms in total. The van der Waals surface area contributed by atoms with E-state index >= 15 is 0 Å². The Kier molecular flexibility index (Phi) is 8.15. The van der Waals surface area contributed by atoms with Gasteiger partial charge in [0.2, 0.25) is 0 Å². The molecular formula is C18H32IN5O2. The molecule has 0 amide bonds. The van der Waals surface area contributed by atoms with E-state index in [9.17, 15) is 0 Å². The number of halogens is 1. The maximum atomic E-state index is 5.94. The Balaban J connectivity index is 0.00000243. The molecule has 1 saturated heterocycles. The van der Waals surface area contributed by atoms with Crippen molar-refractivity contribution >= 4 is 29.9 Å². The molecule has 1 unspecified atom stereocenters. The predicted molar refractivity (Wildman–Crippen MR) is 113 cm³/mol. The number of hydrogen-bond acceptors (Lipinski definition) is 4. The van der Waals surface area contributed by atoms with Crippen LogP contribution in [-0.4, -0.2) is 67.6 Å². The van der Waals surface area contributed by atoms with Crippen molar-refractivity contribution < 1.29 is 9.47 Å². The number of nitrogens with one attached hydrogen (secondary N) is 1. The molecule has 1 aliphatic carbocycles. The van der Waals surface area contributed by atoms with Gasteiger partial charge in [-0.2, -0.15) is 5.10 Å². The summed E-state index contributed by atoms with van der Waals surface area (Å²) in [6.45, 7) is 4.17. The van der Waals surface area contributed by atoms with Crippen LogP contribution in [0, 0.1) is 5.41 Å². The van der Waals surface area contributed by atoms with Crippen molar-refractivity contribution in [2.24, 2.45) is 17.5 Å². The SMILES string of the molecule is CN=C(NCC1(CCOC)CCC1)N1CCOC(c2cnn(C)c2)C1.I. The molecule has 2 heterocycles. The van der Waals surface area contributed by atoms with Gasteiger partial charge in [-0.05, 0) is 24.7 Å². The number of aliphatic imine (C=N–C) groups is 1. The molecule has 2 fully saturated rings. The molecule has 8 heteroatoms. The minimum absolute atomic E-state index is 0. The zero-order valence-corrected chi connectivity index (χ0v) is 18.4. The molecule has 1 aromatic rings. The van der Waals surface area contributed by atoms with E-state index in [2.05, 4.69) is 20.3 Å². The summed E-state index contributed by atoms with van der Waals surface area (Å²) in [4.78, 5) is 6.81. The number of aromatic nitrogens is 2. The second kappa shape index (κ2) is 9.89. The zero-order chi connectivity index (χ0) is 17.7. The van der Waals surface area contributed by atoms with Gasteiger partial charge in [0.05, 0.1) is 19.3 Å². The molecule has 0 spiro atoms. The van der Waals surface area contributed by atoms with Gasteiger partial charge in [-0.25, -0.2) is 0 Å². The second-order valence-electron chi connectivity index (χ2n) is 7.25. The summed E-state index contributed by atoms with van der Waals surface area (Å²) < 4.78 is 13.1. The van der Waals surface area contributed by atoms with Crippen molar-refractivity contribution in [1.82, 2.24) is 20.0 Å². The van der Waals surface area contributed by atoms with Gasteiger partial charge in [0.25, 0.3) is 0 Å². The Labute approximate surface area is 173 Å². The highest BCUT2D eigenvalue weighted by Gasteiger charge is 2.37. The normalized spacial score (nSPS) is 22.5. The molecule has 26 heavy (non-hydrogen) atoms. The van der Waals surface area contributed by atoms with Crippen LogP contribution in [0.3, 0.4) is 0 Å². The van der Waals surface area contributed by atoms with E-state index < -0.39 is 0 Å². The van der Waals surface area contributed by atoms with Gasteiger partial charge in [0, 0.05) is 52.7 Å². The third-order valence-electron chi connectivity index (χ3n) is 5.55. The van der Waals surface area contributed by atoms with Crippen LogP contribution in [-0.2, 0) is 16.5 Å². The Morgan fingerprint density at radius 1 is 1.50 bits per heavy atom. The number of nitrogens with zero attached hydrogens (tertiary/aromatic N) is 4. The quantitative estimate of drug-likeness (QED) is 0.387. The predicted octanol–water partition coefficient (Wildman–Crippen LogP) is 2.19. The van der Waals surface area contributed by atoms with Gasteiger partial charge in [-0.3, -0.25) is 9.67 Å². The van der Waals surface area contributed by atoms with Crippen molar-refractivity contribution in [2.45, 2.75) is 31.8 Å². The Hall–Kier alpha value is -0.870. The Morgan fingerprint density at radius 3 is 2.88 bits per heavy atom. The van der Waals surface area contributed by atoms with Gasteiger partial charge in [-0.1, -0.05) is 6.42 Å². The minimum Gasteiger partial charge on any atom is -0.385 e. The van der Waals surface area contributed by atoms with Crippen LogP contribution in [0.4, 0.5) is 0 Å². The molecule has 148 valence electrons. The second-order valence-corrected chi connectivity index (χ2v) is 7.25. The van der Waals surface area contributed by atoms with Crippen LogP contribution in [0.15, 0.2) is 17.4 Å². The van der Waals surface area contributed by atoms with Gasteiger partial charge in [0.15, 0.2) is 5.96 Å². The van der Waals surface area contributed by atoms with E-state index in [1.165, 1.54) is 19.3 Å². The fourth-order valence-corrected chi connectivity index (χ4v) is 3.76. The van der Waals surface area contributed by atoms with Crippen LogP contribution in [0.25, 0.3) is 0 Å². The van der Waals surface area contributed by atoms with Crippen molar-refractivity contribution in [3.05, 3.63) is 18.0 Å². The van der Waals surface area contributed by atoms with Crippen LogP contribution in [0.2, 0.25) is 0 Å². The highest BCUT2D eigenvalue weighted by molar-refractivity contribution is 14.0. The maximum Gasteiger partial charge on any atom is 0.193 e. The van der Waals surface area contributed by atoms with Gasteiger partial charge >= 0.3 is 0 Å². The monoisotopic (exact) mass is 477 g/mol. The van der Waals surface area contributed by atoms with Crippen LogP contribution < -0.4 is 5.32 Å². The Bertz CT molecular complexity index is 588. The lowest BCUT2D eigenvalue weighted by Gasteiger charge is -2.43. The minimum atomic E-state index is 0. The van der Waals surface area contributed by atoms with E-state index in [1.54, 1.807) is 7.11 Å². The lowest BCUT2D eigenvalue weighted by molar-refractivity contribution is -0.00862. The highest BCUT2D eigenvalue weighted by atomic mass is 127. The smallest absolute Gasteiger partial charge is 0.193 e. The van der Waals surface area contributed by atoms with Crippen molar-refractivity contribution in [2.75, 3.05) is 47.0 Å². The molecule has 1 N–H and O–H groups in total. The highest BCUT2D eigenvalue weighted by Crippen LogP contribution is 2.43. The van der Waals surface area contributed by atoms with Gasteiger partial charge in [-0.15, -0.1) is 24.0 Å². The third-order valence-corrected chi connectivity index (χ3v) is 5.55. The zero-order valence-electron chi connectivity index (χ0n) is 16.1. The fraction of sp³-hybridized carbons (Fsp3) is 0.778. The number of rotatable bonds is 6. The lowest BCUT2D eigenvalue weighted by atomic mass is 9.67. The maximum absolute atomic E-state index is 5.94. The molecule has 0 radical (unpaired) electrons. The summed E-state index contributed by atoms with van der Waals surface area (Å²) >= 11 is 0. The van der Waals surface area contributed by atoms with Crippen molar-refractivity contribution in [1.29, 1.82) is 0 Å². The van der Waals surface area contributed by atoms with E-state index in [0.29, 0.717) is 12.0 Å². The number of morpholine rings is 1. The Morgan fingerprint density at radius 2 is 2.31 bits per heavy atom. The average molecular weight is 477 g/mol. The molecule has 3 rings (SSSR count). The molecule has 0 aromatic carbocycles. The van der Waals surface area contributed by atoms with Gasteiger partial charge in [0.1, 0.15) is 6.10 Å². The number of hydrogen-bond donors (Lipinski definition) is 1. The third kappa shape index (κ3) is 5.10. The van der Waals surface area contributed by atoms with Crippen molar-refractivity contribution in [3.8, 4) is 0 Å². The standard InChI is InChI=1S/C18H31N5O2.HI/c1-19-17(20-14-18(5-4-6-18)7-9-24-3)23-8-10-25-16(13-23)15-11-21-22(2)12-15;/h11-12,16H,4-10,13-14H2,1-3H3,(H,19,20);1H. The number of methoxy groups -OCH3 is 1. The van der Waals surface area contributed by atoms with Crippen LogP contribution in [0.1, 0.15) is 37.4 Å². The summed E-state index contributed by atoms with van der Waals surface area (Å²) in [5.41, 5.74) is 1.50. The summed E-state index contributed by atoms with van der Waals surface area (Å²) in [6, 6.07) is 0. The number of aryl methyl sites for hydroxylation is 1. The first-order valence-electron chi connectivity index (χ1n) is 9.20. The largest absolute Gasteiger partial charge is 0.385 e. The summed E-state index contributed by atoms with van der Waals surface area (Å²) in [5.74, 6) is 0.973. The van der Waals surface area contributed by atoms with E-state index in [0.717, 1.165) is 44.2 Å². The molecule has 1 aromatic heterocycles. The molecule has 1 aliphatic heterocycles. The van der Waals surface area contributed by atoms with E-state index in [1.807, 2.05) is 31.2 Å². The molecule has 1 saturated carbocycles. The first-order chi connectivity index (χ1) is 12.2. The molecule has 2 aliphatic rings. The summed E-state index contributed by atoms with van der Waals surface area (Å²) in [6.07, 6.45) is 8.96. The molecule has 0 bridgehead atoms. The average Bonchev–Trinajstić information content (AvgIpc) is 3.03. The van der Waals surface area contributed by atoms with E-state index in [-0.39, 0.29) is 30.1 Å². The number of ether oxygens (including phenoxy) is 2. The first-order valence-corrected chi connectivity index (χ1v) is 9.20. The summed E-state index contributed by atoms with van der Waals surface area (Å²) in [5, 5.41) is 7.87.